The Hall–Kier alpha value is -1.79. The second-order valence-electron chi connectivity index (χ2n) is 7.93. The van der Waals surface area contributed by atoms with Crippen LogP contribution in [0.25, 0.3) is 10.1 Å². The molecule has 0 radical (unpaired) electrons. The minimum absolute atomic E-state index is 0.0449. The van der Waals surface area contributed by atoms with Crippen molar-refractivity contribution in [3.05, 3.63) is 23.1 Å². The van der Waals surface area contributed by atoms with Crippen LogP contribution in [0.2, 0.25) is 0 Å². The van der Waals surface area contributed by atoms with E-state index < -0.39 is 0 Å². The highest BCUT2D eigenvalue weighted by Gasteiger charge is 2.19. The zero-order valence-corrected chi connectivity index (χ0v) is 18.1. The van der Waals surface area contributed by atoms with Gasteiger partial charge in [-0.05, 0) is 65.8 Å². The van der Waals surface area contributed by atoms with Gasteiger partial charge in [-0.25, -0.2) is 4.79 Å². The largest absolute Gasteiger partial charge is 0.490 e. The van der Waals surface area contributed by atoms with Crippen LogP contribution in [0.15, 0.2) is 18.2 Å². The molecule has 2 aromatic rings. The van der Waals surface area contributed by atoms with Gasteiger partial charge in [-0.15, -0.1) is 11.3 Å². The standard InChI is InChI=1S/C22H31NO4S/c1-15(2)26-19-12-17(27-16-8-6-5-7-9-16)13-20-18(19)14-21(28-20)22(24)25-11-10-23(3)4/h12-16H,5-11H2,1-4H3. The van der Waals surface area contributed by atoms with Crippen LogP contribution in [0.3, 0.4) is 0 Å². The summed E-state index contributed by atoms with van der Waals surface area (Å²) in [5.74, 6) is 1.31. The Morgan fingerprint density at radius 3 is 2.61 bits per heavy atom. The molecule has 1 saturated carbocycles. The smallest absolute Gasteiger partial charge is 0.348 e. The minimum Gasteiger partial charge on any atom is -0.490 e. The van der Waals surface area contributed by atoms with Crippen LogP contribution in [-0.4, -0.2) is 50.3 Å². The van der Waals surface area contributed by atoms with E-state index in [1.807, 2.05) is 51.0 Å². The molecule has 1 aliphatic rings. The summed E-state index contributed by atoms with van der Waals surface area (Å²) in [4.78, 5) is 15.0. The number of esters is 1. The first kappa shape index (κ1) is 20.9. The van der Waals surface area contributed by atoms with Gasteiger partial charge in [0.05, 0.1) is 12.2 Å². The van der Waals surface area contributed by atoms with Crippen molar-refractivity contribution in [3.8, 4) is 11.5 Å². The molecular weight excluding hydrogens is 374 g/mol. The molecule has 5 nitrogen and oxygen atoms in total. The van der Waals surface area contributed by atoms with E-state index in [0.717, 1.165) is 34.4 Å². The number of carbonyl (C=O) groups excluding carboxylic acids is 1. The molecule has 0 unspecified atom stereocenters. The molecule has 0 spiro atoms. The molecule has 0 atom stereocenters. The van der Waals surface area contributed by atoms with Crippen molar-refractivity contribution in [2.45, 2.75) is 58.2 Å². The topological polar surface area (TPSA) is 48.0 Å². The first-order valence-electron chi connectivity index (χ1n) is 10.1. The average Bonchev–Trinajstić information content (AvgIpc) is 3.06. The molecule has 6 heteroatoms. The van der Waals surface area contributed by atoms with Gasteiger partial charge in [0.1, 0.15) is 23.0 Å². The lowest BCUT2D eigenvalue weighted by Crippen LogP contribution is -2.19. The van der Waals surface area contributed by atoms with Crippen LogP contribution < -0.4 is 9.47 Å². The van der Waals surface area contributed by atoms with Crippen molar-refractivity contribution in [1.82, 2.24) is 4.90 Å². The Labute approximate surface area is 171 Å². The Balaban J connectivity index is 1.83. The van der Waals surface area contributed by atoms with Crippen LogP contribution >= 0.6 is 11.3 Å². The number of benzene rings is 1. The number of likely N-dealkylation sites (N-methyl/N-ethyl adjacent to an activating group) is 1. The van der Waals surface area contributed by atoms with Crippen LogP contribution in [0.1, 0.15) is 55.6 Å². The Morgan fingerprint density at radius 2 is 1.93 bits per heavy atom. The maximum atomic E-state index is 12.4. The number of carbonyl (C=O) groups is 1. The van der Waals surface area contributed by atoms with E-state index in [1.54, 1.807) is 0 Å². The van der Waals surface area contributed by atoms with Crippen molar-refractivity contribution in [1.29, 1.82) is 0 Å². The van der Waals surface area contributed by atoms with Gasteiger partial charge >= 0.3 is 5.97 Å². The molecule has 0 saturated heterocycles. The molecule has 0 N–H and O–H groups in total. The molecule has 0 aliphatic heterocycles. The molecule has 0 amide bonds. The first-order chi connectivity index (χ1) is 13.4. The molecule has 0 bridgehead atoms. The number of thiophene rings is 1. The van der Waals surface area contributed by atoms with Gasteiger partial charge in [-0.2, -0.15) is 0 Å². The first-order valence-corrected chi connectivity index (χ1v) is 11.0. The summed E-state index contributed by atoms with van der Waals surface area (Å²) in [5, 5.41) is 0.939. The number of hydrogen-bond acceptors (Lipinski definition) is 6. The van der Waals surface area contributed by atoms with Crippen LogP contribution in [0, 0.1) is 0 Å². The molecule has 28 heavy (non-hydrogen) atoms. The van der Waals surface area contributed by atoms with E-state index in [-0.39, 0.29) is 18.2 Å². The lowest BCUT2D eigenvalue weighted by atomic mass is 9.98. The van der Waals surface area contributed by atoms with Gasteiger partial charge in [0.15, 0.2) is 0 Å². The zero-order valence-electron chi connectivity index (χ0n) is 17.3. The Kier molecular flexibility index (Phi) is 7.18. The number of ether oxygens (including phenoxy) is 3. The van der Waals surface area contributed by atoms with Crippen LogP contribution in [0.5, 0.6) is 11.5 Å². The number of hydrogen-bond donors (Lipinski definition) is 0. The van der Waals surface area contributed by atoms with Gasteiger partial charge in [0, 0.05) is 22.7 Å². The lowest BCUT2D eigenvalue weighted by Gasteiger charge is -2.23. The Morgan fingerprint density at radius 1 is 1.18 bits per heavy atom. The monoisotopic (exact) mass is 405 g/mol. The van der Waals surface area contributed by atoms with E-state index in [9.17, 15) is 4.79 Å². The number of nitrogens with zero attached hydrogens (tertiary/aromatic N) is 1. The Bertz CT molecular complexity index is 793. The summed E-state index contributed by atoms with van der Waals surface area (Å²) in [6.07, 6.45) is 6.27. The summed E-state index contributed by atoms with van der Waals surface area (Å²) in [6, 6.07) is 5.86. The van der Waals surface area contributed by atoms with Crippen molar-refractivity contribution >= 4 is 27.4 Å². The van der Waals surface area contributed by atoms with Crippen LogP contribution in [0.4, 0.5) is 0 Å². The van der Waals surface area contributed by atoms with Crippen LogP contribution in [-0.2, 0) is 4.74 Å². The molecule has 1 fully saturated rings. The van der Waals surface area contributed by atoms with Gasteiger partial charge in [0.2, 0.25) is 0 Å². The van der Waals surface area contributed by atoms with Crippen molar-refractivity contribution in [2.24, 2.45) is 0 Å². The van der Waals surface area contributed by atoms with E-state index >= 15 is 0 Å². The quantitative estimate of drug-likeness (QED) is 0.571. The summed E-state index contributed by atoms with van der Waals surface area (Å²) < 4.78 is 18.7. The highest BCUT2D eigenvalue weighted by Crippen LogP contribution is 2.38. The van der Waals surface area contributed by atoms with E-state index in [4.69, 9.17) is 14.2 Å². The summed E-state index contributed by atoms with van der Waals surface area (Å²) in [6.45, 7) is 5.09. The highest BCUT2D eigenvalue weighted by molar-refractivity contribution is 7.20. The predicted octanol–water partition coefficient (Wildman–Crippen LogP) is 5.12. The molecule has 3 rings (SSSR count). The third kappa shape index (κ3) is 5.61. The van der Waals surface area contributed by atoms with E-state index in [2.05, 4.69) is 0 Å². The maximum Gasteiger partial charge on any atom is 0.348 e. The van der Waals surface area contributed by atoms with Crippen molar-refractivity contribution < 1.29 is 19.0 Å². The lowest BCUT2D eigenvalue weighted by molar-refractivity contribution is 0.0487. The second-order valence-corrected chi connectivity index (χ2v) is 9.01. The molecule has 1 aliphatic carbocycles. The van der Waals surface area contributed by atoms with Gasteiger partial charge in [0.25, 0.3) is 0 Å². The van der Waals surface area contributed by atoms with Gasteiger partial charge in [-0.1, -0.05) is 6.42 Å². The van der Waals surface area contributed by atoms with Crippen molar-refractivity contribution in [2.75, 3.05) is 27.2 Å². The fraction of sp³-hybridized carbons (Fsp3) is 0.591. The molecule has 1 aromatic carbocycles. The predicted molar refractivity (Wildman–Crippen MR) is 114 cm³/mol. The second kappa shape index (κ2) is 9.61. The van der Waals surface area contributed by atoms with E-state index in [1.165, 1.54) is 30.6 Å². The SMILES string of the molecule is CC(C)Oc1cc(OC2CCCCC2)cc2sc(C(=O)OCCN(C)C)cc12. The molecule has 154 valence electrons. The van der Waals surface area contributed by atoms with Crippen molar-refractivity contribution in [3.63, 3.8) is 0 Å². The molecule has 1 aromatic heterocycles. The fourth-order valence-corrected chi connectivity index (χ4v) is 4.37. The summed E-state index contributed by atoms with van der Waals surface area (Å²) in [7, 11) is 3.91. The van der Waals surface area contributed by atoms with Gasteiger partial charge in [-0.3, -0.25) is 0 Å². The summed E-state index contributed by atoms with van der Waals surface area (Å²) >= 11 is 1.43. The van der Waals surface area contributed by atoms with E-state index in [0.29, 0.717) is 18.0 Å². The minimum atomic E-state index is -0.284. The molecule has 1 heterocycles. The molecular formula is C22H31NO4S. The highest BCUT2D eigenvalue weighted by atomic mass is 32.1. The third-order valence-corrected chi connectivity index (χ3v) is 5.83. The normalized spacial score (nSPS) is 15.4. The third-order valence-electron chi connectivity index (χ3n) is 4.76. The maximum absolute atomic E-state index is 12.4. The average molecular weight is 406 g/mol. The number of fused-ring (bicyclic) bond motifs is 1. The zero-order chi connectivity index (χ0) is 20.1. The fourth-order valence-electron chi connectivity index (χ4n) is 3.37. The number of rotatable bonds is 8. The van der Waals surface area contributed by atoms with Gasteiger partial charge < -0.3 is 19.1 Å². The summed E-state index contributed by atoms with van der Waals surface area (Å²) in [5.41, 5.74) is 0.